The Bertz CT molecular complexity index is 421. The van der Waals surface area contributed by atoms with E-state index < -0.39 is 29.6 Å². The van der Waals surface area contributed by atoms with Crippen LogP contribution in [0.5, 0.6) is 0 Å². The molecule has 1 rings (SSSR count). The van der Waals surface area contributed by atoms with E-state index in [1.165, 1.54) is 0 Å². The fraction of sp³-hybridized carbons (Fsp3) is 0.462. The van der Waals surface area contributed by atoms with E-state index in [4.69, 9.17) is 5.11 Å². The second-order valence-corrected chi connectivity index (χ2v) is 4.20. The number of carboxylic acid groups (broad SMARTS) is 1. The van der Waals surface area contributed by atoms with Gasteiger partial charge in [-0.15, -0.1) is 0 Å². The number of benzene rings is 1. The first kappa shape index (κ1) is 14.6. The van der Waals surface area contributed by atoms with E-state index in [-0.39, 0.29) is 12.0 Å². The van der Waals surface area contributed by atoms with Crippen LogP contribution in [0.1, 0.15) is 37.9 Å². The average Bonchev–Trinajstić information content (AvgIpc) is 2.28. The van der Waals surface area contributed by atoms with Crippen molar-refractivity contribution in [3.63, 3.8) is 0 Å². The van der Waals surface area contributed by atoms with Crippen LogP contribution >= 0.6 is 0 Å². The Labute approximate surface area is 104 Å². The molecule has 0 aliphatic carbocycles. The molecule has 3 nitrogen and oxygen atoms in total. The van der Waals surface area contributed by atoms with Crippen molar-refractivity contribution >= 4 is 5.97 Å². The lowest BCUT2D eigenvalue weighted by Crippen LogP contribution is -2.22. The summed E-state index contributed by atoms with van der Waals surface area (Å²) in [5.41, 5.74) is -0.181. The van der Waals surface area contributed by atoms with Gasteiger partial charge in [-0.2, -0.15) is 0 Å². The number of hydrogen-bond acceptors (Lipinski definition) is 2. The first-order valence-corrected chi connectivity index (χ1v) is 5.83. The molecule has 100 valence electrons. The van der Waals surface area contributed by atoms with Crippen molar-refractivity contribution in [1.29, 1.82) is 0 Å². The van der Waals surface area contributed by atoms with E-state index in [2.05, 4.69) is 0 Å². The van der Waals surface area contributed by atoms with E-state index in [1.54, 1.807) is 0 Å². The lowest BCUT2D eigenvalue weighted by Gasteiger charge is -2.19. The summed E-state index contributed by atoms with van der Waals surface area (Å²) in [5, 5.41) is 18.9. The van der Waals surface area contributed by atoms with E-state index >= 15 is 0 Å². The quantitative estimate of drug-likeness (QED) is 0.824. The molecule has 0 spiro atoms. The molecular weight excluding hydrogens is 242 g/mol. The molecule has 0 bridgehead atoms. The number of carbonyl (C=O) groups is 1. The summed E-state index contributed by atoms with van der Waals surface area (Å²) in [6.45, 7) is 1.89. The highest BCUT2D eigenvalue weighted by molar-refractivity contribution is 5.71. The SMILES string of the molecule is CCCCC(C(=O)O)C(O)c1ccc(F)cc1F. The van der Waals surface area contributed by atoms with Gasteiger partial charge in [0.1, 0.15) is 11.6 Å². The van der Waals surface area contributed by atoms with Gasteiger partial charge >= 0.3 is 5.97 Å². The third-order valence-electron chi connectivity index (χ3n) is 2.85. The highest BCUT2D eigenvalue weighted by atomic mass is 19.1. The number of aliphatic hydroxyl groups is 1. The van der Waals surface area contributed by atoms with Crippen molar-refractivity contribution in [2.45, 2.75) is 32.3 Å². The van der Waals surface area contributed by atoms with Gasteiger partial charge < -0.3 is 10.2 Å². The molecular formula is C13H16F2O3. The van der Waals surface area contributed by atoms with Crippen molar-refractivity contribution < 1.29 is 23.8 Å². The number of carboxylic acids is 1. The summed E-state index contributed by atoms with van der Waals surface area (Å²) in [4.78, 5) is 11.0. The minimum atomic E-state index is -1.46. The van der Waals surface area contributed by atoms with Crippen LogP contribution in [0.25, 0.3) is 0 Å². The zero-order chi connectivity index (χ0) is 13.7. The number of hydrogen-bond donors (Lipinski definition) is 2. The summed E-state index contributed by atoms with van der Waals surface area (Å²) >= 11 is 0. The Balaban J connectivity index is 2.94. The maximum absolute atomic E-state index is 13.5. The van der Waals surface area contributed by atoms with Gasteiger partial charge in [0, 0.05) is 11.6 Å². The van der Waals surface area contributed by atoms with Gasteiger partial charge in [-0.05, 0) is 12.5 Å². The summed E-state index contributed by atoms with van der Waals surface area (Å²) in [6, 6.07) is 2.72. The van der Waals surface area contributed by atoms with Crippen molar-refractivity contribution in [3.05, 3.63) is 35.4 Å². The van der Waals surface area contributed by atoms with Crippen molar-refractivity contribution in [1.82, 2.24) is 0 Å². The topological polar surface area (TPSA) is 57.5 Å². The Kier molecular flexibility index (Phi) is 5.22. The fourth-order valence-electron chi connectivity index (χ4n) is 1.80. The highest BCUT2D eigenvalue weighted by Gasteiger charge is 2.29. The molecule has 5 heteroatoms. The van der Waals surface area contributed by atoms with Crippen LogP contribution in [0.4, 0.5) is 8.78 Å². The first-order chi connectivity index (χ1) is 8.47. The van der Waals surface area contributed by atoms with E-state index in [9.17, 15) is 18.7 Å². The maximum Gasteiger partial charge on any atom is 0.309 e. The third kappa shape index (κ3) is 3.50. The summed E-state index contributed by atoms with van der Waals surface area (Å²) < 4.78 is 26.2. The normalized spacial score (nSPS) is 14.2. The maximum atomic E-state index is 13.5. The minimum absolute atomic E-state index is 0.181. The number of halogens is 2. The zero-order valence-corrected chi connectivity index (χ0v) is 10.1. The van der Waals surface area contributed by atoms with E-state index in [0.29, 0.717) is 12.5 Å². The molecule has 0 saturated heterocycles. The number of unbranched alkanes of at least 4 members (excludes halogenated alkanes) is 1. The largest absolute Gasteiger partial charge is 0.481 e. The second kappa shape index (κ2) is 6.44. The molecule has 0 heterocycles. The van der Waals surface area contributed by atoms with E-state index in [0.717, 1.165) is 18.6 Å². The van der Waals surface area contributed by atoms with Crippen molar-refractivity contribution in [3.8, 4) is 0 Å². The Morgan fingerprint density at radius 2 is 2.06 bits per heavy atom. The first-order valence-electron chi connectivity index (χ1n) is 5.83. The molecule has 0 aromatic heterocycles. The lowest BCUT2D eigenvalue weighted by atomic mass is 9.91. The van der Waals surface area contributed by atoms with Crippen molar-refractivity contribution in [2.24, 2.45) is 5.92 Å². The number of aliphatic carboxylic acids is 1. The number of rotatable bonds is 6. The predicted octanol–water partition coefficient (Wildman–Crippen LogP) is 2.89. The van der Waals surface area contributed by atoms with Crippen molar-refractivity contribution in [2.75, 3.05) is 0 Å². The Morgan fingerprint density at radius 3 is 2.56 bits per heavy atom. The molecule has 0 radical (unpaired) electrons. The van der Waals surface area contributed by atoms with Gasteiger partial charge in [0.15, 0.2) is 0 Å². The summed E-state index contributed by atoms with van der Waals surface area (Å²) in [7, 11) is 0. The standard InChI is InChI=1S/C13H16F2O3/c1-2-3-4-10(13(17)18)12(16)9-6-5-8(14)7-11(9)15/h5-7,10,12,16H,2-4H2,1H3,(H,17,18). The third-order valence-corrected chi connectivity index (χ3v) is 2.85. The van der Waals surface area contributed by atoms with Crippen LogP contribution in [-0.4, -0.2) is 16.2 Å². The van der Waals surface area contributed by atoms with Gasteiger partial charge in [-0.3, -0.25) is 4.79 Å². The Hall–Kier alpha value is -1.49. The predicted molar refractivity (Wildman–Crippen MR) is 62.0 cm³/mol. The molecule has 18 heavy (non-hydrogen) atoms. The molecule has 2 atom stereocenters. The van der Waals surface area contributed by atoms with Gasteiger partial charge in [0.05, 0.1) is 12.0 Å². The average molecular weight is 258 g/mol. The number of aliphatic hydroxyl groups excluding tert-OH is 1. The van der Waals surface area contributed by atoms with Gasteiger partial charge in [-0.1, -0.05) is 25.8 Å². The lowest BCUT2D eigenvalue weighted by molar-refractivity contribution is -0.146. The van der Waals surface area contributed by atoms with Crippen LogP contribution < -0.4 is 0 Å². The molecule has 1 aromatic rings. The molecule has 1 aromatic carbocycles. The minimum Gasteiger partial charge on any atom is -0.481 e. The summed E-state index contributed by atoms with van der Waals surface area (Å²) in [6.07, 6.45) is 0.193. The van der Waals surface area contributed by atoms with Crippen LogP contribution in [-0.2, 0) is 4.79 Å². The van der Waals surface area contributed by atoms with Crippen LogP contribution in [0.2, 0.25) is 0 Å². The second-order valence-electron chi connectivity index (χ2n) is 4.20. The smallest absolute Gasteiger partial charge is 0.309 e. The summed E-state index contributed by atoms with van der Waals surface area (Å²) in [5.74, 6) is -3.95. The molecule has 2 unspecified atom stereocenters. The fourth-order valence-corrected chi connectivity index (χ4v) is 1.80. The molecule has 0 amide bonds. The molecule has 0 aliphatic rings. The van der Waals surface area contributed by atoms with Crippen LogP contribution in [0, 0.1) is 17.6 Å². The monoisotopic (exact) mass is 258 g/mol. The zero-order valence-electron chi connectivity index (χ0n) is 10.1. The molecule has 2 N–H and O–H groups in total. The van der Waals surface area contributed by atoms with Gasteiger partial charge in [0.25, 0.3) is 0 Å². The highest BCUT2D eigenvalue weighted by Crippen LogP contribution is 2.28. The molecule has 0 saturated carbocycles. The van der Waals surface area contributed by atoms with E-state index in [1.807, 2.05) is 6.92 Å². The Morgan fingerprint density at radius 1 is 1.39 bits per heavy atom. The van der Waals surface area contributed by atoms with Crippen LogP contribution in [0.15, 0.2) is 18.2 Å². The van der Waals surface area contributed by atoms with Gasteiger partial charge in [0.2, 0.25) is 0 Å². The van der Waals surface area contributed by atoms with Gasteiger partial charge in [-0.25, -0.2) is 8.78 Å². The molecule has 0 aliphatic heterocycles. The van der Waals surface area contributed by atoms with Crippen LogP contribution in [0.3, 0.4) is 0 Å². The molecule has 0 fully saturated rings.